The zero-order chi connectivity index (χ0) is 23.2. The Bertz CT molecular complexity index is 536. The third kappa shape index (κ3) is 23.1. The van der Waals surface area contributed by atoms with E-state index in [0.717, 1.165) is 19.3 Å². The topological polar surface area (TPSA) is 119 Å². The molecular weight excluding hydrogens is 423 g/mol. The third-order valence-electron chi connectivity index (χ3n) is 4.70. The minimum Gasteiger partial charge on any atom is -0.478 e. The zero-order valence-corrected chi connectivity index (χ0v) is 19.9. The lowest BCUT2D eigenvalue weighted by molar-refractivity contribution is -0.144. The van der Waals surface area contributed by atoms with Crippen molar-refractivity contribution in [1.29, 1.82) is 0 Å². The standard InChI is InChI=1S/C22H41O8P/c1-2-3-4-5-6-7-8-9-10-11-12-13-14-16-22(25)28-18-15-19-29-31(26,27)30-20-17-21(23)24/h17,20H,2-16,18-19H2,1H3,(H,23,24)(H,26,27). The average Bonchev–Trinajstić information content (AvgIpc) is 2.70. The minimum absolute atomic E-state index is 0.0856. The lowest BCUT2D eigenvalue weighted by Gasteiger charge is -2.10. The van der Waals surface area contributed by atoms with Gasteiger partial charge in [-0.1, -0.05) is 84.0 Å². The van der Waals surface area contributed by atoms with Crippen LogP contribution in [0, 0.1) is 0 Å². The molecule has 0 aliphatic rings. The van der Waals surface area contributed by atoms with E-state index >= 15 is 0 Å². The summed E-state index contributed by atoms with van der Waals surface area (Å²) in [6.45, 7) is 2.17. The molecule has 0 spiro atoms. The first-order valence-corrected chi connectivity index (χ1v) is 13.1. The molecule has 9 heteroatoms. The largest absolute Gasteiger partial charge is 0.526 e. The van der Waals surface area contributed by atoms with Gasteiger partial charge in [0.2, 0.25) is 0 Å². The fourth-order valence-corrected chi connectivity index (χ4v) is 3.62. The van der Waals surface area contributed by atoms with Gasteiger partial charge < -0.3 is 14.4 Å². The van der Waals surface area contributed by atoms with Gasteiger partial charge >= 0.3 is 19.8 Å². The Kier molecular flexibility index (Phi) is 19.6. The summed E-state index contributed by atoms with van der Waals surface area (Å²) in [5, 5.41) is 8.35. The van der Waals surface area contributed by atoms with Gasteiger partial charge in [-0.25, -0.2) is 9.36 Å². The van der Waals surface area contributed by atoms with E-state index in [4.69, 9.17) is 9.84 Å². The fraction of sp³-hybridized carbons (Fsp3) is 0.818. The number of rotatable bonds is 22. The predicted molar refractivity (Wildman–Crippen MR) is 120 cm³/mol. The van der Waals surface area contributed by atoms with Gasteiger partial charge in [0.1, 0.15) is 6.26 Å². The number of esters is 1. The molecule has 0 saturated heterocycles. The van der Waals surface area contributed by atoms with Crippen molar-refractivity contribution in [3.63, 3.8) is 0 Å². The maximum absolute atomic E-state index is 11.7. The SMILES string of the molecule is CCCCCCCCCCCCCCCC(=O)OCCCOP(=O)(O)OC=CC(=O)O. The van der Waals surface area contributed by atoms with Crippen molar-refractivity contribution < 1.29 is 37.9 Å². The number of aliphatic carboxylic acids is 1. The summed E-state index contributed by atoms with van der Waals surface area (Å²) >= 11 is 0. The summed E-state index contributed by atoms with van der Waals surface area (Å²) in [5.74, 6) is -1.59. The summed E-state index contributed by atoms with van der Waals surface area (Å²) in [6, 6.07) is 0. The molecular formula is C22H41O8P. The molecule has 0 amide bonds. The number of phosphoric ester groups is 1. The second kappa shape index (κ2) is 20.5. The van der Waals surface area contributed by atoms with E-state index in [1.54, 1.807) is 0 Å². The molecule has 0 aromatic carbocycles. The highest BCUT2D eigenvalue weighted by atomic mass is 31.2. The summed E-state index contributed by atoms with van der Waals surface area (Å²) in [7, 11) is -4.35. The number of hydrogen-bond donors (Lipinski definition) is 2. The molecule has 0 saturated carbocycles. The molecule has 0 aromatic rings. The van der Waals surface area contributed by atoms with Crippen LogP contribution in [0.5, 0.6) is 0 Å². The highest BCUT2D eigenvalue weighted by molar-refractivity contribution is 7.47. The van der Waals surface area contributed by atoms with Crippen molar-refractivity contribution in [2.24, 2.45) is 0 Å². The van der Waals surface area contributed by atoms with E-state index in [2.05, 4.69) is 16.0 Å². The van der Waals surface area contributed by atoms with Crippen molar-refractivity contribution in [3.05, 3.63) is 12.3 Å². The maximum atomic E-state index is 11.7. The van der Waals surface area contributed by atoms with E-state index < -0.39 is 13.8 Å². The summed E-state index contributed by atoms with van der Waals surface area (Å²) in [6.07, 6.45) is 18.0. The van der Waals surface area contributed by atoms with Crippen LogP contribution in [0.25, 0.3) is 0 Å². The molecule has 0 heterocycles. The molecule has 31 heavy (non-hydrogen) atoms. The van der Waals surface area contributed by atoms with E-state index in [1.807, 2.05) is 0 Å². The number of carbonyl (C=O) groups excluding carboxylic acids is 1. The second-order valence-corrected chi connectivity index (χ2v) is 9.02. The van der Waals surface area contributed by atoms with Gasteiger partial charge in [-0.3, -0.25) is 14.2 Å². The van der Waals surface area contributed by atoms with E-state index in [0.29, 0.717) is 18.8 Å². The van der Waals surface area contributed by atoms with Gasteiger partial charge in [0, 0.05) is 12.8 Å². The van der Waals surface area contributed by atoms with Crippen molar-refractivity contribution in [2.45, 2.75) is 103 Å². The van der Waals surface area contributed by atoms with Crippen molar-refractivity contribution in [2.75, 3.05) is 13.2 Å². The van der Waals surface area contributed by atoms with Crippen LogP contribution in [0.1, 0.15) is 103 Å². The van der Waals surface area contributed by atoms with Gasteiger partial charge in [0.25, 0.3) is 0 Å². The van der Waals surface area contributed by atoms with Crippen LogP contribution < -0.4 is 0 Å². The maximum Gasteiger partial charge on any atom is 0.526 e. The third-order valence-corrected chi connectivity index (χ3v) is 5.59. The Morgan fingerprint density at radius 3 is 1.84 bits per heavy atom. The number of carboxylic acid groups (broad SMARTS) is 1. The van der Waals surface area contributed by atoms with Gasteiger partial charge in [-0.05, 0) is 6.42 Å². The Labute approximate surface area is 187 Å². The number of phosphoric acid groups is 1. The van der Waals surface area contributed by atoms with Crippen molar-refractivity contribution >= 4 is 19.8 Å². The molecule has 0 radical (unpaired) electrons. The van der Waals surface area contributed by atoms with Crippen LogP contribution in [0.3, 0.4) is 0 Å². The minimum atomic E-state index is -4.35. The quantitative estimate of drug-likeness (QED) is 0.0645. The zero-order valence-electron chi connectivity index (χ0n) is 19.0. The molecule has 8 nitrogen and oxygen atoms in total. The second-order valence-electron chi connectivity index (χ2n) is 7.61. The summed E-state index contributed by atoms with van der Waals surface area (Å²) in [4.78, 5) is 31.2. The highest BCUT2D eigenvalue weighted by Gasteiger charge is 2.20. The van der Waals surface area contributed by atoms with Crippen LogP contribution in [0.15, 0.2) is 12.3 Å². The molecule has 0 aliphatic carbocycles. The number of ether oxygens (including phenoxy) is 1. The normalized spacial score (nSPS) is 13.2. The summed E-state index contributed by atoms with van der Waals surface area (Å²) in [5.41, 5.74) is 0. The molecule has 1 atom stereocenters. The van der Waals surface area contributed by atoms with Crippen LogP contribution in [-0.2, 0) is 27.9 Å². The van der Waals surface area contributed by atoms with E-state index in [1.165, 1.54) is 64.2 Å². The number of carbonyl (C=O) groups is 2. The van der Waals surface area contributed by atoms with Crippen LogP contribution >= 0.6 is 7.82 Å². The van der Waals surface area contributed by atoms with Crippen LogP contribution in [0.4, 0.5) is 0 Å². The molecule has 182 valence electrons. The molecule has 0 bridgehead atoms. The lowest BCUT2D eigenvalue weighted by Crippen LogP contribution is -2.07. The smallest absolute Gasteiger partial charge is 0.478 e. The van der Waals surface area contributed by atoms with Crippen molar-refractivity contribution in [3.8, 4) is 0 Å². The van der Waals surface area contributed by atoms with Gasteiger partial charge in [0.05, 0.1) is 19.3 Å². The molecule has 0 aliphatic heterocycles. The molecule has 0 rings (SSSR count). The first-order valence-electron chi connectivity index (χ1n) is 11.6. The molecule has 0 aromatic heterocycles. The van der Waals surface area contributed by atoms with Crippen LogP contribution in [0.2, 0.25) is 0 Å². The Morgan fingerprint density at radius 2 is 1.32 bits per heavy atom. The number of carboxylic acids is 1. The highest BCUT2D eigenvalue weighted by Crippen LogP contribution is 2.43. The Morgan fingerprint density at radius 1 is 0.806 bits per heavy atom. The van der Waals surface area contributed by atoms with Gasteiger partial charge in [-0.2, -0.15) is 0 Å². The monoisotopic (exact) mass is 464 g/mol. The van der Waals surface area contributed by atoms with Gasteiger partial charge in [0.15, 0.2) is 0 Å². The van der Waals surface area contributed by atoms with Crippen molar-refractivity contribution in [1.82, 2.24) is 0 Å². The number of unbranched alkanes of at least 4 members (excludes halogenated alkanes) is 12. The van der Waals surface area contributed by atoms with Gasteiger partial charge in [-0.15, -0.1) is 0 Å². The van der Waals surface area contributed by atoms with Crippen LogP contribution in [-0.4, -0.2) is 35.2 Å². The lowest BCUT2D eigenvalue weighted by atomic mass is 10.0. The number of hydrogen-bond acceptors (Lipinski definition) is 6. The molecule has 2 N–H and O–H groups in total. The predicted octanol–water partition coefficient (Wildman–Crippen LogP) is 6.13. The Hall–Kier alpha value is -1.37. The average molecular weight is 465 g/mol. The van der Waals surface area contributed by atoms with E-state index in [-0.39, 0.29) is 25.6 Å². The first kappa shape index (κ1) is 29.6. The first-order chi connectivity index (χ1) is 14.9. The summed E-state index contributed by atoms with van der Waals surface area (Å²) < 4.78 is 25.4. The molecule has 1 unspecified atom stereocenters. The fourth-order valence-electron chi connectivity index (χ4n) is 2.98. The van der Waals surface area contributed by atoms with E-state index in [9.17, 15) is 19.0 Å². The Balaban J connectivity index is 3.42. The molecule has 0 fully saturated rings.